The van der Waals surface area contributed by atoms with Crippen LogP contribution in [0.5, 0.6) is 5.75 Å². The summed E-state index contributed by atoms with van der Waals surface area (Å²) in [5.74, 6) is 0.602. The van der Waals surface area contributed by atoms with Gasteiger partial charge >= 0.3 is 0 Å². The van der Waals surface area contributed by atoms with Gasteiger partial charge in [0.15, 0.2) is 0 Å². The summed E-state index contributed by atoms with van der Waals surface area (Å²) in [5, 5.41) is 2.11. The molecule has 6 rings (SSSR count). The highest BCUT2D eigenvalue weighted by Crippen LogP contribution is 2.39. The van der Waals surface area contributed by atoms with Crippen LogP contribution in [0.15, 0.2) is 18.2 Å². The molecule has 4 heterocycles. The number of halogens is 1. The standard InChI is InChI=1S/C24H34ClN5O5S/c25-16-11-15-14-26-28-23(15)22(12-16)36(32,33)30-6-3-20(30)24(31)27-17-1-2-19-21(13-17)35-10-7-29(19)18-4-8-34-9-5-18/h1-2,13,15-16,18,20,22-23,26,28H,3-12,14H2,(H,27,31)/t15?,16?,20-,22?,23?/m0/s1. The molecule has 4 unspecified atom stereocenters. The molecule has 4 aliphatic heterocycles. The Bertz CT molecular complexity index is 1100. The molecule has 1 aromatic carbocycles. The molecule has 5 aliphatic rings. The highest BCUT2D eigenvalue weighted by Gasteiger charge is 2.52. The molecule has 1 saturated carbocycles. The van der Waals surface area contributed by atoms with Crippen molar-refractivity contribution in [1.29, 1.82) is 0 Å². The van der Waals surface area contributed by atoms with Crippen molar-refractivity contribution in [3.8, 4) is 5.75 Å². The van der Waals surface area contributed by atoms with Gasteiger partial charge in [0.2, 0.25) is 15.9 Å². The van der Waals surface area contributed by atoms with E-state index < -0.39 is 21.3 Å². The Balaban J connectivity index is 1.14. The summed E-state index contributed by atoms with van der Waals surface area (Å²) in [6, 6.07) is 5.21. The van der Waals surface area contributed by atoms with E-state index in [4.69, 9.17) is 21.1 Å². The molecule has 0 radical (unpaired) electrons. The Hall–Kier alpha value is -1.63. The number of carbonyl (C=O) groups excluding carboxylic acids is 1. The lowest BCUT2D eigenvalue weighted by Crippen LogP contribution is -2.62. The average Bonchev–Trinajstić information content (AvgIpc) is 3.30. The number of rotatable bonds is 5. The fraction of sp³-hybridized carbons (Fsp3) is 0.708. The third kappa shape index (κ3) is 4.48. The maximum Gasteiger partial charge on any atom is 0.242 e. The van der Waals surface area contributed by atoms with Gasteiger partial charge in [0, 0.05) is 55.5 Å². The summed E-state index contributed by atoms with van der Waals surface area (Å²) >= 11 is 6.43. The minimum atomic E-state index is -3.69. The molecular weight excluding hydrogens is 506 g/mol. The van der Waals surface area contributed by atoms with E-state index in [0.29, 0.717) is 44.3 Å². The Morgan fingerprint density at radius 1 is 1.11 bits per heavy atom. The average molecular weight is 540 g/mol. The normalized spacial score (nSPS) is 33.2. The summed E-state index contributed by atoms with van der Waals surface area (Å²) in [6.45, 7) is 4.01. The predicted molar refractivity (Wildman–Crippen MR) is 137 cm³/mol. The maximum atomic E-state index is 13.6. The van der Waals surface area contributed by atoms with Crippen molar-refractivity contribution < 1.29 is 22.7 Å². The Kier molecular flexibility index (Phi) is 6.80. The van der Waals surface area contributed by atoms with Crippen molar-refractivity contribution >= 4 is 38.9 Å². The number of hydrogen-bond acceptors (Lipinski definition) is 8. The van der Waals surface area contributed by atoms with Crippen molar-refractivity contribution in [3.05, 3.63) is 18.2 Å². The highest BCUT2D eigenvalue weighted by molar-refractivity contribution is 7.89. The van der Waals surface area contributed by atoms with Gasteiger partial charge in [0.1, 0.15) is 18.4 Å². The van der Waals surface area contributed by atoms with Crippen LogP contribution in [0.1, 0.15) is 32.1 Å². The summed E-state index contributed by atoms with van der Waals surface area (Å²) in [5.41, 5.74) is 7.86. The van der Waals surface area contributed by atoms with E-state index in [1.165, 1.54) is 4.31 Å². The first-order valence-electron chi connectivity index (χ1n) is 13.0. The van der Waals surface area contributed by atoms with E-state index in [1.807, 2.05) is 18.2 Å². The largest absolute Gasteiger partial charge is 0.489 e. The molecule has 3 saturated heterocycles. The summed E-state index contributed by atoms with van der Waals surface area (Å²) < 4.78 is 40.0. The van der Waals surface area contributed by atoms with Gasteiger partial charge in [-0.25, -0.2) is 8.42 Å². The van der Waals surface area contributed by atoms with Crippen molar-refractivity contribution in [1.82, 2.24) is 15.2 Å². The lowest BCUT2D eigenvalue weighted by Gasteiger charge is -2.44. The van der Waals surface area contributed by atoms with Crippen molar-refractivity contribution in [3.63, 3.8) is 0 Å². The van der Waals surface area contributed by atoms with E-state index in [9.17, 15) is 13.2 Å². The lowest BCUT2D eigenvalue weighted by molar-refractivity contribution is -0.122. The molecule has 0 aromatic heterocycles. The minimum Gasteiger partial charge on any atom is -0.489 e. The maximum absolute atomic E-state index is 13.6. The number of ether oxygens (including phenoxy) is 2. The van der Waals surface area contributed by atoms with Crippen LogP contribution in [-0.2, 0) is 19.6 Å². The first-order valence-corrected chi connectivity index (χ1v) is 14.9. The number of hydrazine groups is 1. The second-order valence-electron chi connectivity index (χ2n) is 10.4. The number of fused-ring (bicyclic) bond motifs is 2. The van der Waals surface area contributed by atoms with E-state index in [1.54, 1.807) is 0 Å². The van der Waals surface area contributed by atoms with Gasteiger partial charge in [-0.05, 0) is 50.2 Å². The van der Waals surface area contributed by atoms with Gasteiger partial charge in [-0.2, -0.15) is 4.31 Å². The Morgan fingerprint density at radius 3 is 2.72 bits per heavy atom. The number of alkyl halides is 1. The molecule has 198 valence electrons. The van der Waals surface area contributed by atoms with Gasteiger partial charge in [-0.3, -0.25) is 15.6 Å². The number of nitrogens with one attached hydrogen (secondary N) is 3. The van der Waals surface area contributed by atoms with E-state index in [2.05, 4.69) is 21.1 Å². The van der Waals surface area contributed by atoms with Crippen LogP contribution in [0.25, 0.3) is 0 Å². The van der Waals surface area contributed by atoms with Crippen molar-refractivity contribution in [2.24, 2.45) is 5.92 Å². The molecule has 0 bridgehead atoms. The molecule has 4 fully saturated rings. The second kappa shape index (κ2) is 9.92. The monoisotopic (exact) mass is 539 g/mol. The van der Waals surface area contributed by atoms with Crippen LogP contribution in [0.3, 0.4) is 0 Å². The quantitative estimate of drug-likeness (QED) is 0.480. The van der Waals surface area contributed by atoms with Crippen LogP contribution in [0, 0.1) is 5.92 Å². The highest BCUT2D eigenvalue weighted by atomic mass is 35.5. The second-order valence-corrected chi connectivity index (χ2v) is 13.2. The van der Waals surface area contributed by atoms with Crippen LogP contribution < -0.4 is 25.8 Å². The number of benzene rings is 1. The fourth-order valence-corrected chi connectivity index (χ4v) is 9.26. The molecule has 1 aliphatic carbocycles. The molecule has 1 aromatic rings. The summed E-state index contributed by atoms with van der Waals surface area (Å²) in [6.07, 6.45) is 3.65. The summed E-state index contributed by atoms with van der Waals surface area (Å²) in [7, 11) is -3.69. The van der Waals surface area contributed by atoms with E-state index >= 15 is 0 Å². The first kappa shape index (κ1) is 24.7. The molecule has 1 amide bonds. The van der Waals surface area contributed by atoms with Gasteiger partial charge < -0.3 is 19.7 Å². The topological polar surface area (TPSA) is 112 Å². The molecule has 5 atom stereocenters. The van der Waals surface area contributed by atoms with Crippen LogP contribution >= 0.6 is 11.6 Å². The number of sulfonamides is 1. The number of anilines is 2. The molecule has 3 N–H and O–H groups in total. The van der Waals surface area contributed by atoms with Crippen LogP contribution in [-0.4, -0.2) is 86.8 Å². The zero-order valence-corrected chi connectivity index (χ0v) is 21.8. The van der Waals surface area contributed by atoms with Gasteiger partial charge in [0.25, 0.3) is 0 Å². The SMILES string of the molecule is O=C(Nc1ccc2c(c1)OCCN2C1CCOCC1)[C@@H]1CCN1S(=O)(=O)C1CC(Cl)CC2CNNC21. The third-order valence-corrected chi connectivity index (χ3v) is 11.0. The van der Waals surface area contributed by atoms with Crippen molar-refractivity contribution in [2.75, 3.05) is 49.7 Å². The smallest absolute Gasteiger partial charge is 0.242 e. The van der Waals surface area contributed by atoms with Gasteiger partial charge in [0.05, 0.1) is 17.5 Å². The van der Waals surface area contributed by atoms with Crippen molar-refractivity contribution in [2.45, 2.75) is 60.9 Å². The zero-order chi connectivity index (χ0) is 24.9. The number of nitrogens with zero attached hydrogens (tertiary/aromatic N) is 2. The fourth-order valence-electron chi connectivity index (χ4n) is 6.33. The Morgan fingerprint density at radius 2 is 1.94 bits per heavy atom. The zero-order valence-electron chi connectivity index (χ0n) is 20.2. The van der Waals surface area contributed by atoms with E-state index in [0.717, 1.165) is 50.5 Å². The van der Waals surface area contributed by atoms with E-state index in [-0.39, 0.29) is 23.2 Å². The number of amides is 1. The summed E-state index contributed by atoms with van der Waals surface area (Å²) in [4.78, 5) is 15.5. The van der Waals surface area contributed by atoms with Gasteiger partial charge in [-0.15, -0.1) is 11.6 Å². The minimum absolute atomic E-state index is 0.172. The molecule has 0 spiro atoms. The number of hydrogen-bond donors (Lipinski definition) is 3. The Labute approximate surface area is 217 Å². The molecular formula is C24H34ClN5O5S. The predicted octanol–water partition coefficient (Wildman–Crippen LogP) is 1.27. The molecule has 10 nitrogen and oxygen atoms in total. The molecule has 36 heavy (non-hydrogen) atoms. The van der Waals surface area contributed by atoms with Crippen LogP contribution in [0.2, 0.25) is 0 Å². The third-order valence-electron chi connectivity index (χ3n) is 8.33. The first-order chi connectivity index (χ1) is 17.4. The molecule has 12 heteroatoms. The van der Waals surface area contributed by atoms with Gasteiger partial charge in [-0.1, -0.05) is 0 Å². The number of carbonyl (C=O) groups is 1. The lowest BCUT2D eigenvalue weighted by atomic mass is 9.85. The van der Waals surface area contributed by atoms with Crippen LogP contribution in [0.4, 0.5) is 11.4 Å².